The summed E-state index contributed by atoms with van der Waals surface area (Å²) >= 11 is 1.57. The number of anilines is 1. The monoisotopic (exact) mass is 288 g/mol. The van der Waals surface area contributed by atoms with Gasteiger partial charge in [-0.1, -0.05) is 6.07 Å². The fourth-order valence-corrected chi connectivity index (χ4v) is 2.94. The zero-order chi connectivity index (χ0) is 13.9. The van der Waals surface area contributed by atoms with Crippen molar-refractivity contribution >= 4 is 22.1 Å². The van der Waals surface area contributed by atoms with Gasteiger partial charge in [-0.05, 0) is 12.1 Å². The van der Waals surface area contributed by atoms with Crippen LogP contribution in [0, 0.1) is 0 Å². The third-order valence-corrected chi connectivity index (χ3v) is 4.04. The molecular weight excluding hydrogens is 272 g/mol. The fraction of sp³-hybridized carbons (Fsp3) is 0.286. The summed E-state index contributed by atoms with van der Waals surface area (Å²) in [6, 6.07) is 5.93. The topological polar surface area (TPSA) is 53.7 Å². The molecule has 0 aliphatic carbocycles. The molecule has 0 aliphatic heterocycles. The van der Waals surface area contributed by atoms with E-state index in [4.69, 9.17) is 0 Å². The largest absolute Gasteiger partial charge is 0.390 e. The van der Waals surface area contributed by atoms with Crippen LogP contribution in [0.2, 0.25) is 0 Å². The number of aromatic nitrogens is 3. The van der Waals surface area contributed by atoms with Gasteiger partial charge in [-0.2, -0.15) is 0 Å². The van der Waals surface area contributed by atoms with Crippen LogP contribution in [-0.2, 0) is 13.0 Å². The number of likely N-dealkylation sites (N-methyl/N-ethyl adjacent to an activating group) is 1. The number of pyridine rings is 1. The first-order valence-corrected chi connectivity index (χ1v) is 7.34. The van der Waals surface area contributed by atoms with E-state index >= 15 is 0 Å². The second-order valence-corrected chi connectivity index (χ2v) is 5.46. The Morgan fingerprint density at radius 2 is 2.30 bits per heavy atom. The lowest BCUT2D eigenvalue weighted by molar-refractivity contribution is 0.276. The van der Waals surface area contributed by atoms with Gasteiger partial charge in [0.1, 0.15) is 0 Å². The molecule has 0 amide bonds. The maximum Gasteiger partial charge on any atom is 0.195 e. The molecule has 3 aromatic heterocycles. The van der Waals surface area contributed by atoms with Gasteiger partial charge in [-0.15, -0.1) is 11.3 Å². The number of aliphatic hydroxyl groups excluding tert-OH is 1. The van der Waals surface area contributed by atoms with E-state index in [0.29, 0.717) is 0 Å². The van der Waals surface area contributed by atoms with Crippen LogP contribution < -0.4 is 4.90 Å². The molecule has 104 valence electrons. The number of imidazole rings is 1. The van der Waals surface area contributed by atoms with E-state index < -0.39 is 0 Å². The number of thiazole rings is 1. The lowest BCUT2D eigenvalue weighted by Crippen LogP contribution is -2.22. The first-order valence-electron chi connectivity index (χ1n) is 6.46. The molecule has 3 aromatic rings. The van der Waals surface area contributed by atoms with Crippen molar-refractivity contribution in [3.63, 3.8) is 0 Å². The number of aliphatic hydroxyl groups is 1. The Morgan fingerprint density at radius 3 is 3.05 bits per heavy atom. The first kappa shape index (κ1) is 13.1. The van der Waals surface area contributed by atoms with Crippen LogP contribution in [0.3, 0.4) is 0 Å². The van der Waals surface area contributed by atoms with E-state index in [1.165, 1.54) is 0 Å². The number of hydrogen-bond donors (Lipinski definition) is 1. The Kier molecular flexibility index (Phi) is 3.66. The maximum atomic E-state index is 9.56. The number of nitrogens with zero attached hydrogens (tertiary/aromatic N) is 4. The van der Waals surface area contributed by atoms with Crippen molar-refractivity contribution in [1.82, 2.24) is 14.4 Å². The SMILES string of the molecule is CN(CCc1ccccn1)c1nc2sccn2c1CO. The number of hydrogen-bond acceptors (Lipinski definition) is 5. The van der Waals surface area contributed by atoms with Crippen LogP contribution in [0.5, 0.6) is 0 Å². The highest BCUT2D eigenvalue weighted by molar-refractivity contribution is 7.15. The van der Waals surface area contributed by atoms with Crippen LogP contribution in [0.1, 0.15) is 11.4 Å². The van der Waals surface area contributed by atoms with Gasteiger partial charge < -0.3 is 10.0 Å². The molecule has 20 heavy (non-hydrogen) atoms. The summed E-state index contributed by atoms with van der Waals surface area (Å²) in [5.41, 5.74) is 1.90. The molecular formula is C14H16N4OS. The van der Waals surface area contributed by atoms with Gasteiger partial charge >= 0.3 is 0 Å². The van der Waals surface area contributed by atoms with Gasteiger partial charge in [0.05, 0.1) is 12.3 Å². The van der Waals surface area contributed by atoms with E-state index in [2.05, 4.69) is 14.9 Å². The highest BCUT2D eigenvalue weighted by Crippen LogP contribution is 2.24. The summed E-state index contributed by atoms with van der Waals surface area (Å²) in [5.74, 6) is 0.843. The average molecular weight is 288 g/mol. The predicted molar refractivity (Wildman–Crippen MR) is 80.2 cm³/mol. The zero-order valence-electron chi connectivity index (χ0n) is 11.2. The smallest absolute Gasteiger partial charge is 0.195 e. The fourth-order valence-electron chi connectivity index (χ4n) is 2.21. The quantitative estimate of drug-likeness (QED) is 0.780. The van der Waals surface area contributed by atoms with E-state index in [1.807, 2.05) is 41.2 Å². The van der Waals surface area contributed by atoms with Crippen LogP contribution >= 0.6 is 11.3 Å². The zero-order valence-corrected chi connectivity index (χ0v) is 12.0. The molecule has 0 saturated carbocycles. The van der Waals surface area contributed by atoms with E-state index in [0.717, 1.165) is 35.1 Å². The van der Waals surface area contributed by atoms with E-state index in [1.54, 1.807) is 17.5 Å². The summed E-state index contributed by atoms with van der Waals surface area (Å²) in [4.78, 5) is 11.9. The average Bonchev–Trinajstić information content (AvgIpc) is 3.06. The molecule has 0 unspecified atom stereocenters. The van der Waals surface area contributed by atoms with Gasteiger partial charge in [0.15, 0.2) is 10.8 Å². The molecule has 6 heteroatoms. The Hall–Kier alpha value is -1.92. The third kappa shape index (κ3) is 2.39. The van der Waals surface area contributed by atoms with Crippen molar-refractivity contribution in [2.45, 2.75) is 13.0 Å². The third-order valence-electron chi connectivity index (χ3n) is 3.28. The Labute approximate surface area is 121 Å². The van der Waals surface area contributed by atoms with E-state index in [9.17, 15) is 5.11 Å². The van der Waals surface area contributed by atoms with Crippen molar-refractivity contribution in [2.75, 3.05) is 18.5 Å². The van der Waals surface area contributed by atoms with Crippen molar-refractivity contribution in [1.29, 1.82) is 0 Å². The number of rotatable bonds is 5. The summed E-state index contributed by atoms with van der Waals surface area (Å²) in [5, 5.41) is 11.5. The van der Waals surface area contributed by atoms with E-state index in [-0.39, 0.29) is 6.61 Å². The van der Waals surface area contributed by atoms with Gasteiger partial charge in [0.25, 0.3) is 0 Å². The normalized spacial score (nSPS) is 11.1. The molecule has 0 spiro atoms. The van der Waals surface area contributed by atoms with Gasteiger partial charge in [0.2, 0.25) is 0 Å². The lowest BCUT2D eigenvalue weighted by Gasteiger charge is -2.17. The molecule has 0 saturated heterocycles. The molecule has 0 atom stereocenters. The van der Waals surface area contributed by atoms with Crippen molar-refractivity contribution in [3.8, 4) is 0 Å². The molecule has 0 radical (unpaired) electrons. The van der Waals surface area contributed by atoms with Crippen molar-refractivity contribution < 1.29 is 5.11 Å². The first-order chi connectivity index (χ1) is 9.79. The van der Waals surface area contributed by atoms with Crippen LogP contribution in [-0.4, -0.2) is 33.1 Å². The summed E-state index contributed by atoms with van der Waals surface area (Å²) in [6.45, 7) is 0.802. The molecule has 5 nitrogen and oxygen atoms in total. The second kappa shape index (κ2) is 5.60. The van der Waals surface area contributed by atoms with Gasteiger partial charge in [0, 0.05) is 43.5 Å². The Bertz CT molecular complexity index is 692. The minimum Gasteiger partial charge on any atom is -0.390 e. The van der Waals surface area contributed by atoms with Crippen LogP contribution in [0.25, 0.3) is 4.96 Å². The second-order valence-electron chi connectivity index (χ2n) is 4.59. The minimum atomic E-state index is -0.0127. The van der Waals surface area contributed by atoms with Crippen LogP contribution in [0.15, 0.2) is 36.0 Å². The molecule has 0 fully saturated rings. The predicted octanol–water partition coefficient (Wildman–Crippen LogP) is 1.96. The standard InChI is InChI=1S/C14H16N4OS/c1-17(7-5-11-4-2-3-6-15-11)13-12(10-19)18-8-9-20-14(18)16-13/h2-4,6,8-9,19H,5,7,10H2,1H3. The van der Waals surface area contributed by atoms with Crippen LogP contribution in [0.4, 0.5) is 5.82 Å². The van der Waals surface area contributed by atoms with Crippen molar-refractivity contribution in [2.24, 2.45) is 0 Å². The maximum absolute atomic E-state index is 9.56. The minimum absolute atomic E-state index is 0.0127. The number of fused-ring (bicyclic) bond motifs is 1. The Balaban J connectivity index is 1.78. The summed E-state index contributed by atoms with van der Waals surface area (Å²) in [7, 11) is 1.99. The Morgan fingerprint density at radius 1 is 1.40 bits per heavy atom. The van der Waals surface area contributed by atoms with Crippen molar-refractivity contribution in [3.05, 3.63) is 47.4 Å². The molecule has 3 heterocycles. The van der Waals surface area contributed by atoms with Gasteiger partial charge in [-0.25, -0.2) is 4.98 Å². The van der Waals surface area contributed by atoms with Gasteiger partial charge in [-0.3, -0.25) is 9.38 Å². The highest BCUT2D eigenvalue weighted by atomic mass is 32.1. The lowest BCUT2D eigenvalue weighted by atomic mass is 10.2. The molecule has 0 bridgehead atoms. The molecule has 1 N–H and O–H groups in total. The molecule has 0 aliphatic rings. The molecule has 0 aromatic carbocycles. The highest BCUT2D eigenvalue weighted by Gasteiger charge is 2.15. The summed E-state index contributed by atoms with van der Waals surface area (Å²) in [6.07, 6.45) is 4.60. The summed E-state index contributed by atoms with van der Waals surface area (Å²) < 4.78 is 1.94. The molecule has 3 rings (SSSR count).